The number of methoxy groups -OCH3 is 2. The molecule has 1 fully saturated rings. The van der Waals surface area contributed by atoms with Gasteiger partial charge in [0.15, 0.2) is 14.1 Å². The van der Waals surface area contributed by atoms with Gasteiger partial charge in [-0.15, -0.1) is 0 Å². The van der Waals surface area contributed by atoms with E-state index >= 15 is 0 Å². The lowest BCUT2D eigenvalue weighted by Gasteiger charge is -2.44. The van der Waals surface area contributed by atoms with E-state index in [1.165, 1.54) is 21.1 Å². The molecule has 1 rings (SSSR count). The van der Waals surface area contributed by atoms with E-state index < -0.39 is 74.1 Å². The molecule has 0 bridgehead atoms. The largest absolute Gasteiger partial charge is 0.457 e. The van der Waals surface area contributed by atoms with Gasteiger partial charge in [0.25, 0.3) is 0 Å². The fourth-order valence-electron chi connectivity index (χ4n) is 4.25. The Bertz CT molecular complexity index is 958. The maximum Gasteiger partial charge on any atom is 0.353 e. The van der Waals surface area contributed by atoms with Gasteiger partial charge < -0.3 is 48.0 Å². The van der Waals surface area contributed by atoms with Crippen molar-refractivity contribution >= 4 is 20.2 Å². The van der Waals surface area contributed by atoms with E-state index in [0.717, 1.165) is 0 Å². The first-order valence-electron chi connectivity index (χ1n) is 14.4. The summed E-state index contributed by atoms with van der Waals surface area (Å²) < 4.78 is 46.0. The highest BCUT2D eigenvalue weighted by atomic mass is 28.4. The molecule has 1 aliphatic rings. The van der Waals surface area contributed by atoms with E-state index in [1.807, 2.05) is 33.9 Å². The Morgan fingerprint density at radius 1 is 1.09 bits per heavy atom. The van der Waals surface area contributed by atoms with Gasteiger partial charge in [0.1, 0.15) is 43.6 Å². The van der Waals surface area contributed by atoms with Gasteiger partial charge in [-0.3, -0.25) is 4.79 Å². The van der Waals surface area contributed by atoms with Gasteiger partial charge in [0.2, 0.25) is 11.5 Å². The van der Waals surface area contributed by atoms with E-state index in [1.54, 1.807) is 34.6 Å². The van der Waals surface area contributed by atoms with Crippen molar-refractivity contribution in [2.75, 3.05) is 34.4 Å². The number of aliphatic hydroxyl groups is 1. The summed E-state index contributed by atoms with van der Waals surface area (Å²) in [6.07, 6.45) is -4.95. The van der Waals surface area contributed by atoms with E-state index in [0.29, 0.717) is 0 Å². The summed E-state index contributed by atoms with van der Waals surface area (Å²) in [4.78, 5) is 26.3. The second-order valence-electron chi connectivity index (χ2n) is 13.7. The predicted octanol–water partition coefficient (Wildman–Crippen LogP) is 3.00. The summed E-state index contributed by atoms with van der Waals surface area (Å²) in [6.45, 7) is 19.1. The number of hydrogen-bond donors (Lipinski definition) is 2. The smallest absolute Gasteiger partial charge is 0.353 e. The van der Waals surface area contributed by atoms with Crippen LogP contribution in [0, 0.1) is 11.3 Å². The number of nitrogens with zero attached hydrogens (tertiary/aromatic N) is 1. The van der Waals surface area contributed by atoms with Crippen LogP contribution in [0.2, 0.25) is 18.1 Å². The van der Waals surface area contributed by atoms with Crippen LogP contribution >= 0.6 is 0 Å². The molecular formula is C29H54N2O11Si. The average Bonchev–Trinajstić information content (AvgIpc) is 3.21. The molecule has 0 saturated carbocycles. The number of nitrogens with one attached hydrogen (secondary N) is 1. The number of carbonyl (C=O) groups excluding carboxylic acids is 2. The Labute approximate surface area is 257 Å². The molecule has 43 heavy (non-hydrogen) atoms. The Balaban J connectivity index is 3.74. The third-order valence-electron chi connectivity index (χ3n) is 7.28. The minimum Gasteiger partial charge on any atom is -0.457 e. The Morgan fingerprint density at radius 2 is 1.65 bits per heavy atom. The summed E-state index contributed by atoms with van der Waals surface area (Å²) in [6, 6.07) is 0.840. The van der Waals surface area contributed by atoms with Crippen LogP contribution in [0.15, 0.2) is 0 Å². The lowest BCUT2D eigenvalue weighted by Crippen LogP contribution is -2.62. The summed E-state index contributed by atoms with van der Waals surface area (Å²) in [7, 11) is 0.0177. The molecule has 0 aliphatic carbocycles. The molecular weight excluding hydrogens is 580 g/mol. The van der Waals surface area contributed by atoms with Crippen molar-refractivity contribution in [3.05, 3.63) is 0 Å². The highest BCUT2D eigenvalue weighted by Gasteiger charge is 2.55. The topological polar surface area (TPSA) is 164 Å². The molecule has 1 aliphatic heterocycles. The molecule has 0 aromatic heterocycles. The maximum absolute atomic E-state index is 13.8. The highest BCUT2D eigenvalue weighted by Crippen LogP contribution is 2.41. The minimum atomic E-state index is -2.81. The van der Waals surface area contributed by atoms with Crippen LogP contribution in [0.3, 0.4) is 0 Å². The number of nitriles is 1. The quantitative estimate of drug-likeness (QED) is 0.145. The van der Waals surface area contributed by atoms with Crippen LogP contribution in [0.5, 0.6) is 0 Å². The van der Waals surface area contributed by atoms with Gasteiger partial charge in [-0.25, -0.2) is 4.79 Å². The average molecular weight is 635 g/mol. The number of esters is 1. The number of amides is 1. The van der Waals surface area contributed by atoms with Crippen molar-refractivity contribution in [2.24, 2.45) is 0 Å². The summed E-state index contributed by atoms with van der Waals surface area (Å²) >= 11 is 0. The Morgan fingerprint density at radius 3 is 2.07 bits per heavy atom. The van der Waals surface area contributed by atoms with Crippen molar-refractivity contribution in [3.63, 3.8) is 0 Å². The van der Waals surface area contributed by atoms with E-state index in [-0.39, 0.29) is 25.2 Å². The van der Waals surface area contributed by atoms with Gasteiger partial charge in [-0.2, -0.15) is 5.26 Å². The molecule has 1 amide bonds. The van der Waals surface area contributed by atoms with Crippen LogP contribution in [0.1, 0.15) is 68.7 Å². The molecule has 0 aromatic carbocycles. The summed E-state index contributed by atoms with van der Waals surface area (Å²) in [5.74, 6) is -2.36. The van der Waals surface area contributed by atoms with Gasteiger partial charge >= 0.3 is 5.97 Å². The van der Waals surface area contributed by atoms with E-state index in [2.05, 4.69) is 11.4 Å². The molecule has 250 valence electrons. The van der Waals surface area contributed by atoms with Crippen LogP contribution in [0.4, 0.5) is 0 Å². The normalized spacial score (nSPS) is 21.7. The first-order chi connectivity index (χ1) is 19.5. The van der Waals surface area contributed by atoms with Gasteiger partial charge in [0, 0.05) is 27.6 Å². The summed E-state index contributed by atoms with van der Waals surface area (Å²) in [5.41, 5.74) is -3.11. The molecule has 6 atom stereocenters. The maximum atomic E-state index is 13.8. The Hall–Kier alpha value is -1.67. The zero-order chi connectivity index (χ0) is 33.4. The second kappa shape index (κ2) is 15.6. The molecule has 13 nitrogen and oxygen atoms in total. The highest BCUT2D eigenvalue weighted by molar-refractivity contribution is 6.74. The van der Waals surface area contributed by atoms with Crippen molar-refractivity contribution < 1.29 is 52.3 Å². The monoisotopic (exact) mass is 634 g/mol. The lowest BCUT2D eigenvalue weighted by atomic mass is 9.88. The van der Waals surface area contributed by atoms with Gasteiger partial charge in [-0.05, 0) is 52.8 Å². The second-order valence-corrected chi connectivity index (χ2v) is 18.5. The number of hydrogen-bond acceptors (Lipinski definition) is 12. The molecule has 2 N–H and O–H groups in total. The van der Waals surface area contributed by atoms with Crippen LogP contribution in [-0.4, -0.2) is 107 Å². The molecule has 1 heterocycles. The molecule has 0 spiro atoms. The number of ether oxygens (including phenoxy) is 7. The first-order valence-corrected chi connectivity index (χ1v) is 17.3. The van der Waals surface area contributed by atoms with Crippen molar-refractivity contribution in [1.82, 2.24) is 5.32 Å². The van der Waals surface area contributed by atoms with Gasteiger partial charge in [-0.1, -0.05) is 20.8 Å². The molecule has 1 saturated heterocycles. The predicted molar refractivity (Wildman–Crippen MR) is 159 cm³/mol. The fourth-order valence-corrected chi connectivity index (χ4v) is 5.64. The molecule has 0 radical (unpaired) electrons. The third kappa shape index (κ3) is 11.6. The lowest BCUT2D eigenvalue weighted by molar-refractivity contribution is -0.201. The number of aliphatic hydroxyl groups excluding tert-OH is 1. The van der Waals surface area contributed by atoms with Crippen LogP contribution < -0.4 is 5.32 Å². The zero-order valence-corrected chi connectivity index (χ0v) is 29.2. The van der Waals surface area contributed by atoms with Crippen molar-refractivity contribution in [3.8, 4) is 6.07 Å². The molecule has 1 unspecified atom stereocenters. The van der Waals surface area contributed by atoms with Crippen molar-refractivity contribution in [1.29, 1.82) is 5.26 Å². The Kier molecular flexibility index (Phi) is 14.2. The SMILES string of the molecule is COCO[C@@H]([C@H](O)[C@H](NC(C)=O)[C@H](CC(C#N)(O[Si](C)(C)C(C)(C)C)C(=O)OC(C)(C)C)OCOC)[C@H]1COC(C)(C)O1. The zero-order valence-electron chi connectivity index (χ0n) is 28.2. The third-order valence-corrected chi connectivity index (χ3v) is 11.8. The van der Waals surface area contributed by atoms with Crippen LogP contribution in [0.25, 0.3) is 0 Å². The minimum absolute atomic E-state index is 0.0867. The number of carbonyl (C=O) groups is 2. The van der Waals surface area contributed by atoms with Crippen molar-refractivity contribution in [2.45, 2.75) is 134 Å². The molecule has 0 aromatic rings. The fraction of sp³-hybridized carbons (Fsp3) is 0.897. The first kappa shape index (κ1) is 39.4. The standard InChI is InChI=1S/C29H54N2O11Si/c1-19(32)31-22(23(33)24(38-18-36-11)21-15-39-28(8,9)40-21)20(37-17-35-10)14-29(16-30,25(34)41-26(2,3)4)42-43(12,13)27(5,6)7/h20-24,33H,14-15,17-18H2,1-13H3,(H,31,32)/t20-,21+,22+,23+,24+,29?/m0/s1. The van der Waals surface area contributed by atoms with E-state index in [4.69, 9.17) is 37.6 Å². The number of rotatable bonds is 16. The molecule has 14 heteroatoms. The van der Waals surface area contributed by atoms with Gasteiger partial charge in [0.05, 0.1) is 18.8 Å². The van der Waals surface area contributed by atoms with Crippen LogP contribution in [-0.2, 0) is 47.2 Å². The van der Waals surface area contributed by atoms with E-state index in [9.17, 15) is 20.0 Å². The summed E-state index contributed by atoms with van der Waals surface area (Å²) in [5, 5.41) is 24.8.